The van der Waals surface area contributed by atoms with Crippen molar-refractivity contribution in [2.75, 3.05) is 38.1 Å². The highest BCUT2D eigenvalue weighted by atomic mass is 16.6. The lowest BCUT2D eigenvalue weighted by Crippen LogP contribution is -2.38. The highest BCUT2D eigenvalue weighted by Crippen LogP contribution is 2.30. The van der Waals surface area contributed by atoms with E-state index < -0.39 is 10.8 Å². The summed E-state index contributed by atoms with van der Waals surface area (Å²) in [5.41, 5.74) is 0.882. The van der Waals surface area contributed by atoms with E-state index in [2.05, 4.69) is 15.1 Å². The second-order valence-electron chi connectivity index (χ2n) is 5.80. The SMILES string of the molecule is CNC(=O)c1cc(N2CCN3CCC2CC3)ccc1[N+](=O)[O-]. The second-order valence-corrected chi connectivity index (χ2v) is 5.80. The Labute approximate surface area is 129 Å². The zero-order chi connectivity index (χ0) is 15.7. The third-order valence-electron chi connectivity index (χ3n) is 4.64. The van der Waals surface area contributed by atoms with E-state index in [1.165, 1.54) is 13.1 Å². The average Bonchev–Trinajstić information content (AvgIpc) is 2.87. The number of carbonyl (C=O) groups is 1. The first-order valence-electron chi connectivity index (χ1n) is 7.59. The Hall–Kier alpha value is -2.15. The van der Waals surface area contributed by atoms with Crippen molar-refractivity contribution in [2.24, 2.45) is 0 Å². The standard InChI is InChI=1S/C15H20N4O3/c1-16-15(20)13-10-12(2-3-14(13)19(21)22)18-9-8-17-6-4-11(18)5-7-17/h2-3,10-11H,4-9H2,1H3,(H,16,20). The zero-order valence-electron chi connectivity index (χ0n) is 12.6. The van der Waals surface area contributed by atoms with E-state index in [9.17, 15) is 14.9 Å². The molecule has 0 spiro atoms. The van der Waals surface area contributed by atoms with Crippen LogP contribution < -0.4 is 10.2 Å². The average molecular weight is 304 g/mol. The van der Waals surface area contributed by atoms with Gasteiger partial charge in [0.15, 0.2) is 0 Å². The second kappa shape index (κ2) is 5.92. The van der Waals surface area contributed by atoms with Crippen molar-refractivity contribution in [1.82, 2.24) is 10.2 Å². The van der Waals surface area contributed by atoms with Crippen molar-refractivity contribution in [3.05, 3.63) is 33.9 Å². The van der Waals surface area contributed by atoms with Gasteiger partial charge in [0, 0.05) is 51.0 Å². The largest absolute Gasteiger partial charge is 0.367 e. The third-order valence-corrected chi connectivity index (χ3v) is 4.64. The van der Waals surface area contributed by atoms with Gasteiger partial charge in [-0.3, -0.25) is 14.9 Å². The normalized spacial score (nSPS) is 24.0. The number of fused-ring (bicyclic) bond motifs is 4. The van der Waals surface area contributed by atoms with E-state index in [0.29, 0.717) is 6.04 Å². The summed E-state index contributed by atoms with van der Waals surface area (Å²) in [7, 11) is 1.49. The molecule has 118 valence electrons. The van der Waals surface area contributed by atoms with Gasteiger partial charge >= 0.3 is 0 Å². The molecule has 1 amide bonds. The Morgan fingerprint density at radius 3 is 2.64 bits per heavy atom. The van der Waals surface area contributed by atoms with Gasteiger partial charge in [0.25, 0.3) is 11.6 Å². The van der Waals surface area contributed by atoms with Crippen molar-refractivity contribution in [3.63, 3.8) is 0 Å². The molecule has 3 aliphatic heterocycles. The highest BCUT2D eigenvalue weighted by Gasteiger charge is 2.30. The van der Waals surface area contributed by atoms with Gasteiger partial charge in [-0.1, -0.05) is 0 Å². The molecule has 7 nitrogen and oxygen atoms in total. The molecule has 0 saturated carbocycles. The molecule has 0 atom stereocenters. The molecule has 7 heteroatoms. The maximum Gasteiger partial charge on any atom is 0.282 e. The molecule has 3 heterocycles. The Morgan fingerprint density at radius 2 is 2.00 bits per heavy atom. The van der Waals surface area contributed by atoms with Gasteiger partial charge in [-0.15, -0.1) is 0 Å². The van der Waals surface area contributed by atoms with Gasteiger partial charge < -0.3 is 15.1 Å². The molecule has 1 aromatic rings. The lowest BCUT2D eigenvalue weighted by Gasteiger charge is -2.33. The summed E-state index contributed by atoms with van der Waals surface area (Å²) in [4.78, 5) is 27.3. The summed E-state index contributed by atoms with van der Waals surface area (Å²) in [5, 5.41) is 13.6. The van der Waals surface area contributed by atoms with Gasteiger partial charge in [0.2, 0.25) is 0 Å². The van der Waals surface area contributed by atoms with Crippen LogP contribution in [-0.4, -0.2) is 55.0 Å². The molecule has 0 aliphatic carbocycles. The number of nitrogens with one attached hydrogen (secondary N) is 1. The van der Waals surface area contributed by atoms with Crippen molar-refractivity contribution < 1.29 is 9.72 Å². The number of hydrogen-bond acceptors (Lipinski definition) is 5. The van der Waals surface area contributed by atoms with Crippen LogP contribution in [0.4, 0.5) is 11.4 Å². The van der Waals surface area contributed by atoms with Crippen LogP contribution in [0.1, 0.15) is 23.2 Å². The van der Waals surface area contributed by atoms with Crippen molar-refractivity contribution in [2.45, 2.75) is 18.9 Å². The molecule has 1 N–H and O–H groups in total. The molecular weight excluding hydrogens is 284 g/mol. The van der Waals surface area contributed by atoms with Gasteiger partial charge in [-0.25, -0.2) is 0 Å². The maximum atomic E-state index is 12.0. The first-order chi connectivity index (χ1) is 10.6. The number of amides is 1. The molecule has 0 unspecified atom stereocenters. The number of benzene rings is 1. The van der Waals surface area contributed by atoms with Crippen molar-refractivity contribution in [3.8, 4) is 0 Å². The van der Waals surface area contributed by atoms with Crippen LogP contribution >= 0.6 is 0 Å². The molecule has 3 aliphatic rings. The molecule has 3 saturated heterocycles. The number of piperidine rings is 1. The predicted molar refractivity (Wildman–Crippen MR) is 83.3 cm³/mol. The fourth-order valence-electron chi connectivity index (χ4n) is 3.40. The molecule has 3 fully saturated rings. The molecule has 4 rings (SSSR count). The van der Waals surface area contributed by atoms with Crippen LogP contribution in [0.25, 0.3) is 0 Å². The first kappa shape index (κ1) is 14.8. The minimum Gasteiger partial charge on any atom is -0.367 e. The number of nitrogens with zero attached hydrogens (tertiary/aromatic N) is 3. The quantitative estimate of drug-likeness (QED) is 0.671. The smallest absolute Gasteiger partial charge is 0.282 e. The Morgan fingerprint density at radius 1 is 1.27 bits per heavy atom. The molecule has 0 aromatic heterocycles. The summed E-state index contributed by atoms with van der Waals surface area (Å²) in [6, 6.07) is 5.32. The van der Waals surface area contributed by atoms with E-state index in [1.807, 2.05) is 0 Å². The van der Waals surface area contributed by atoms with Gasteiger partial charge in [0.05, 0.1) is 4.92 Å². The summed E-state index contributed by atoms with van der Waals surface area (Å²) >= 11 is 0. The van der Waals surface area contributed by atoms with Crippen molar-refractivity contribution >= 4 is 17.3 Å². The van der Waals surface area contributed by atoms with Crippen molar-refractivity contribution in [1.29, 1.82) is 0 Å². The van der Waals surface area contributed by atoms with Crippen LogP contribution in [0, 0.1) is 10.1 Å². The van der Waals surface area contributed by atoms with Gasteiger partial charge in [0.1, 0.15) is 5.56 Å². The molecular formula is C15H20N4O3. The van der Waals surface area contributed by atoms with E-state index >= 15 is 0 Å². The minimum absolute atomic E-state index is 0.129. The zero-order valence-corrected chi connectivity index (χ0v) is 12.6. The topological polar surface area (TPSA) is 78.7 Å². The van der Waals surface area contributed by atoms with E-state index in [-0.39, 0.29) is 11.3 Å². The monoisotopic (exact) mass is 304 g/mol. The van der Waals surface area contributed by atoms with Crippen LogP contribution in [0.15, 0.2) is 18.2 Å². The van der Waals surface area contributed by atoms with E-state index in [1.54, 1.807) is 12.1 Å². The summed E-state index contributed by atoms with van der Waals surface area (Å²) < 4.78 is 0. The number of carbonyl (C=O) groups excluding carboxylic acids is 1. The third kappa shape index (κ3) is 2.64. The van der Waals surface area contributed by atoms with Gasteiger partial charge in [-0.05, 0) is 25.0 Å². The Bertz CT molecular complexity index is 596. The lowest BCUT2D eigenvalue weighted by atomic mass is 10.0. The van der Waals surface area contributed by atoms with E-state index in [0.717, 1.165) is 44.7 Å². The number of hydrogen-bond donors (Lipinski definition) is 1. The fourth-order valence-corrected chi connectivity index (χ4v) is 3.40. The number of rotatable bonds is 3. The summed E-state index contributed by atoms with van der Waals surface area (Å²) in [5.74, 6) is -0.420. The number of nitro benzene ring substituents is 1. The van der Waals surface area contributed by atoms with Gasteiger partial charge in [-0.2, -0.15) is 0 Å². The van der Waals surface area contributed by atoms with E-state index in [4.69, 9.17) is 0 Å². The van der Waals surface area contributed by atoms with Crippen LogP contribution in [-0.2, 0) is 0 Å². The van der Waals surface area contributed by atoms with Crippen LogP contribution in [0.5, 0.6) is 0 Å². The fraction of sp³-hybridized carbons (Fsp3) is 0.533. The summed E-state index contributed by atoms with van der Waals surface area (Å²) in [6.45, 7) is 4.12. The molecule has 0 radical (unpaired) electrons. The molecule has 22 heavy (non-hydrogen) atoms. The molecule has 1 aromatic carbocycles. The predicted octanol–water partition coefficient (Wildman–Crippen LogP) is 1.24. The van der Waals surface area contributed by atoms with Crippen LogP contribution in [0.3, 0.4) is 0 Å². The molecule has 2 bridgehead atoms. The summed E-state index contributed by atoms with van der Waals surface area (Å²) in [6.07, 6.45) is 2.21. The lowest BCUT2D eigenvalue weighted by molar-refractivity contribution is -0.385. The number of nitro groups is 1. The Balaban J connectivity index is 1.97. The minimum atomic E-state index is -0.506. The Kier molecular flexibility index (Phi) is 3.98. The number of anilines is 1. The highest BCUT2D eigenvalue weighted by molar-refractivity contribution is 5.99. The maximum absolute atomic E-state index is 12.0. The van der Waals surface area contributed by atoms with Crippen LogP contribution in [0.2, 0.25) is 0 Å². The first-order valence-corrected chi connectivity index (χ1v) is 7.59.